The fourth-order valence-corrected chi connectivity index (χ4v) is 25.1. The molecule has 0 amide bonds. The van der Waals surface area contributed by atoms with Gasteiger partial charge in [0, 0.05) is 0 Å². The average Bonchev–Trinajstić information content (AvgIpc) is 1.61. The fraction of sp³-hybridized carbons (Fsp3) is 0.227. The summed E-state index contributed by atoms with van der Waals surface area (Å²) in [5.74, 6) is 0. The number of ether oxygens (including phenoxy) is 1. The molecule has 0 spiro atoms. The van der Waals surface area contributed by atoms with Crippen molar-refractivity contribution in [1.29, 1.82) is 0 Å². The summed E-state index contributed by atoms with van der Waals surface area (Å²) in [6.45, 7) is 20.0. The standard InChI is InChI=1S/2C23H27P3.C21H23P3.C20H21P3.C16H20OP2.C16H20P2S/c1-15-3-5-20(22-6-4-17(12-24)7-16(22)2)11-23(15)21-9-18(13-25)8-19(10-21)14-26;1-15-5-21(19-3-4-20(14-26)16(2)7-19)11-22(6-15)23-9-17(12-24)8-18(10-23)13-25;1-14-6-18(17-2-4-21(24)5-3-17)11-19(7-14)20-9-15(12-22)8-16(10-20)13-23;21-12-14-8-15(13-22)10-19(9-14)18-3-1-2-17(11-18)16-4-6-20(23)7-5-16;1-9-11(7-18)3-5-13-14-6-4-12(8-19)10(2)16(14)17-15(9)13;1-9-11(7-17)3-5-13-14-6-4-12(8-18)10(2)16(14)19-15(9)13/h2*3-11H,12-14,24-26H2,1-2H3;2-11H,12-13,22-24H2,1H3;1-11H,12-13,21-23H2;3-6,15-16H,7-8,18-19H2,1-2H3;3-6,15-16H,7-8,17-18H2,1-2H3. The Morgan fingerprint density at radius 1 is 0.219 bits per heavy atom. The van der Waals surface area contributed by atoms with Gasteiger partial charge >= 0.3 is 0 Å². The molecule has 2 aliphatic heterocycles. The van der Waals surface area contributed by atoms with Crippen LogP contribution in [-0.4, -0.2) is 47.4 Å². The van der Waals surface area contributed by atoms with Crippen molar-refractivity contribution < 1.29 is 4.74 Å². The summed E-state index contributed by atoms with van der Waals surface area (Å²) in [4.78, 5) is 0. The molecule has 12 aromatic carbocycles. The van der Waals surface area contributed by atoms with Crippen LogP contribution in [0.2, 0.25) is 0 Å². The summed E-state index contributed by atoms with van der Waals surface area (Å²) in [5, 5.41) is 3.57. The molecule has 2 heterocycles. The smallest absolute Gasteiger partial charge is 0.106 e. The summed E-state index contributed by atoms with van der Waals surface area (Å²) in [5.41, 5.74) is 58.3. The molecule has 706 valence electrons. The van der Waals surface area contributed by atoms with E-state index in [0.29, 0.717) is 10.5 Å². The van der Waals surface area contributed by atoms with Crippen molar-refractivity contribution in [2.24, 2.45) is 0 Å². The second-order valence-corrected chi connectivity index (χ2v) is 44.4. The van der Waals surface area contributed by atoms with Crippen molar-refractivity contribution in [2.75, 3.05) is 24.6 Å². The van der Waals surface area contributed by atoms with Gasteiger partial charge in [0.2, 0.25) is 0 Å². The Bertz CT molecular complexity index is 6440. The molecule has 12 aromatic rings. The van der Waals surface area contributed by atoms with Gasteiger partial charge in [-0.05, 0) is 412 Å². The first-order chi connectivity index (χ1) is 66.2. The van der Waals surface area contributed by atoms with E-state index in [-0.39, 0.29) is 12.2 Å². The predicted octanol–water partition coefficient (Wildman–Crippen LogP) is 32.2. The third-order valence-corrected chi connectivity index (χ3v) is 35.5. The summed E-state index contributed by atoms with van der Waals surface area (Å²) in [7, 11) is 45.1. The summed E-state index contributed by atoms with van der Waals surface area (Å²) in [6, 6.07) is 87.9. The summed E-state index contributed by atoms with van der Waals surface area (Å²) >= 11 is 2.12. The highest BCUT2D eigenvalue weighted by atomic mass is 32.2. The van der Waals surface area contributed by atoms with E-state index < -0.39 is 0 Å². The van der Waals surface area contributed by atoms with E-state index in [9.17, 15) is 0 Å². The highest BCUT2D eigenvalue weighted by molar-refractivity contribution is 8.01. The van der Waals surface area contributed by atoms with Crippen LogP contribution >= 0.6 is 160 Å². The molecule has 0 radical (unpaired) electrons. The zero-order valence-electron chi connectivity index (χ0n) is 80.9. The molecule has 0 saturated heterocycles. The Morgan fingerprint density at radius 3 is 0.920 bits per heavy atom. The number of hydrogen-bond acceptors (Lipinski definition) is 2. The van der Waals surface area contributed by atoms with Gasteiger partial charge in [-0.25, -0.2) is 0 Å². The number of fused-ring (bicyclic) bond motifs is 4. The van der Waals surface area contributed by atoms with Gasteiger partial charge in [0.1, 0.15) is 12.2 Å². The maximum atomic E-state index is 6.35. The van der Waals surface area contributed by atoms with Crippen LogP contribution in [-0.2, 0) is 66.4 Å². The third-order valence-electron chi connectivity index (χ3n) is 26.6. The highest BCUT2D eigenvalue weighted by Crippen LogP contribution is 2.52. The SMILES string of the molecule is CC1=C(CP)C=CC2=C3C=CC(CP)=C(C)C3OC12.CC1=C(CP)C=CC2=C3C=CC(CP)=C(C)C3SC12.Cc1cc(-c2cc(CP)cc(CP)c2)cc(-c2ccc(CP)c(C)c2)c1.Cc1cc(-c2ccc(P)cc2)cc(-c2cc(CP)cc(CP)c2)c1.Cc1cc(CP)ccc1-c1ccc(C)c(-c2cc(CP)cc(CP)c2)c1.PCc1cc(CP)cc(-c2cccc(-c3ccc(P)cc3)c2)c1. The van der Waals surface area contributed by atoms with Crippen molar-refractivity contribution in [3.05, 3.63) is 436 Å². The molecule has 0 saturated carbocycles. The monoisotopic (exact) mass is 2110 g/mol. The van der Waals surface area contributed by atoms with Crippen molar-refractivity contribution in [2.45, 2.75) is 147 Å². The van der Waals surface area contributed by atoms with Crippen LogP contribution in [0.4, 0.5) is 0 Å². The van der Waals surface area contributed by atoms with Crippen molar-refractivity contribution in [1.82, 2.24) is 0 Å². The predicted molar refractivity (Wildman–Crippen MR) is 669 cm³/mol. The first-order valence-corrected chi connectivity index (χ1v) is 60.7. The zero-order valence-corrected chi connectivity index (χ0v) is 100. The van der Waals surface area contributed by atoms with E-state index in [0.717, 1.165) is 86.3 Å². The van der Waals surface area contributed by atoms with Crippen LogP contribution in [0.3, 0.4) is 0 Å². The molecular formula is C119H138OP16S. The highest BCUT2D eigenvalue weighted by Gasteiger charge is 2.39. The Kier molecular flexibility index (Phi) is 42.2. The molecular weight excluding hydrogens is 1970 g/mol. The number of allylic oxidation sites excluding steroid dienone is 10. The third kappa shape index (κ3) is 27.9. The van der Waals surface area contributed by atoms with Gasteiger partial charge in [0.05, 0.1) is 10.5 Å². The number of thioether (sulfide) groups is 1. The molecule has 4 aliphatic carbocycles. The quantitative estimate of drug-likeness (QED) is 0.0626. The van der Waals surface area contributed by atoms with Crippen LogP contribution in [0.5, 0.6) is 0 Å². The molecule has 0 N–H and O–H groups in total. The molecule has 0 bridgehead atoms. The van der Waals surface area contributed by atoms with Gasteiger partial charge in [-0.3, -0.25) is 0 Å². The topological polar surface area (TPSA) is 9.23 Å². The van der Waals surface area contributed by atoms with E-state index in [4.69, 9.17) is 4.74 Å². The van der Waals surface area contributed by atoms with Crippen molar-refractivity contribution in [3.8, 4) is 89.0 Å². The van der Waals surface area contributed by atoms with Gasteiger partial charge in [-0.15, -0.1) is 160 Å². The fourth-order valence-electron chi connectivity index (χ4n) is 18.6. The lowest BCUT2D eigenvalue weighted by atomic mass is 9.87. The van der Waals surface area contributed by atoms with Crippen LogP contribution in [0.15, 0.2) is 352 Å². The normalized spacial score (nSPS) is 16.0. The minimum Gasteiger partial charge on any atom is -0.357 e. The number of hydrogen-bond donors (Lipinski definition) is 0. The van der Waals surface area contributed by atoms with Crippen LogP contribution in [0.1, 0.15) is 111 Å². The molecule has 20 unspecified atom stereocenters. The van der Waals surface area contributed by atoms with Gasteiger partial charge in [0.25, 0.3) is 0 Å². The summed E-state index contributed by atoms with van der Waals surface area (Å²) in [6.07, 6.45) is 32.6. The minimum atomic E-state index is 0.156. The molecule has 18 heteroatoms. The van der Waals surface area contributed by atoms with E-state index in [1.54, 1.807) is 11.1 Å². The van der Waals surface area contributed by atoms with E-state index in [1.807, 2.05) is 0 Å². The molecule has 0 fully saturated rings. The Hall–Kier alpha value is -4.77. The minimum absolute atomic E-state index is 0.156. The average molecular weight is 2110 g/mol. The second kappa shape index (κ2) is 52.8. The van der Waals surface area contributed by atoms with E-state index >= 15 is 0 Å². The Labute approximate surface area is 863 Å². The van der Waals surface area contributed by atoms with E-state index in [1.165, 1.54) is 239 Å². The molecule has 137 heavy (non-hydrogen) atoms. The summed E-state index contributed by atoms with van der Waals surface area (Å²) < 4.78 is 6.35. The molecule has 20 atom stereocenters. The maximum absolute atomic E-state index is 6.35. The number of rotatable bonds is 22. The number of aryl methyl sites for hydroxylation is 5. The van der Waals surface area contributed by atoms with Gasteiger partial charge in [0.15, 0.2) is 0 Å². The van der Waals surface area contributed by atoms with Crippen LogP contribution < -0.4 is 10.6 Å². The zero-order chi connectivity index (χ0) is 97.8. The molecule has 6 aliphatic rings. The largest absolute Gasteiger partial charge is 0.357 e. The molecule has 18 rings (SSSR count). The van der Waals surface area contributed by atoms with Crippen LogP contribution in [0.25, 0.3) is 89.0 Å². The lowest BCUT2D eigenvalue weighted by Gasteiger charge is -2.23. The molecule has 1 nitrogen and oxygen atoms in total. The lowest BCUT2D eigenvalue weighted by molar-refractivity contribution is 0.0945. The maximum Gasteiger partial charge on any atom is 0.106 e. The van der Waals surface area contributed by atoms with Crippen molar-refractivity contribution in [3.63, 3.8) is 0 Å². The van der Waals surface area contributed by atoms with Crippen molar-refractivity contribution >= 4 is 170 Å². The van der Waals surface area contributed by atoms with Gasteiger partial charge in [-0.1, -0.05) is 272 Å². The Balaban J connectivity index is 0.000000139. The first-order valence-electron chi connectivity index (χ1n) is 47.2. The second-order valence-electron chi connectivity index (χ2n) is 36.1. The van der Waals surface area contributed by atoms with E-state index in [2.05, 4.69) is 507 Å². The Morgan fingerprint density at radius 2 is 0.540 bits per heavy atom. The van der Waals surface area contributed by atoms with Gasteiger partial charge < -0.3 is 4.74 Å². The number of benzene rings is 12. The lowest BCUT2D eigenvalue weighted by Crippen LogP contribution is -2.21. The first kappa shape index (κ1) is 109. The van der Waals surface area contributed by atoms with Crippen LogP contribution in [0, 0.1) is 34.6 Å². The van der Waals surface area contributed by atoms with Gasteiger partial charge in [-0.2, -0.15) is 0 Å². The molecule has 0 aromatic heterocycles.